The first-order chi connectivity index (χ1) is 11.3. The molecule has 0 unspecified atom stereocenters. The smallest absolute Gasteiger partial charge is 0.250 e. The number of nitrogens with two attached hydrogens (primary N) is 1. The van der Waals surface area contributed by atoms with Gasteiger partial charge in [0.2, 0.25) is 0 Å². The number of rotatable bonds is 4. The van der Waals surface area contributed by atoms with Crippen LogP contribution in [-0.2, 0) is 6.54 Å². The number of carbonyl (C=O) groups excluding carboxylic acids is 1. The van der Waals surface area contributed by atoms with Gasteiger partial charge in [-0.1, -0.05) is 44.2 Å². The number of pyridine rings is 1. The third-order valence-electron chi connectivity index (χ3n) is 3.36. The number of hydrogen-bond acceptors (Lipinski definition) is 3. The number of benzene rings is 2. The second-order valence-corrected chi connectivity index (χ2v) is 4.76. The second kappa shape index (κ2) is 7.94. The number of carbonyl (C=O) groups is 1. The van der Waals surface area contributed by atoms with Crippen LogP contribution in [0.25, 0.3) is 10.9 Å². The highest BCUT2D eigenvalue weighted by Crippen LogP contribution is 2.25. The summed E-state index contributed by atoms with van der Waals surface area (Å²) >= 11 is 0. The Bertz CT molecular complexity index is 785. The van der Waals surface area contributed by atoms with Crippen molar-refractivity contribution < 1.29 is 4.79 Å². The lowest BCUT2D eigenvalue weighted by molar-refractivity contribution is 0.100. The lowest BCUT2D eigenvalue weighted by atomic mass is 10.1. The summed E-state index contributed by atoms with van der Waals surface area (Å²) in [6, 6.07) is 17.5. The molecule has 0 atom stereocenters. The van der Waals surface area contributed by atoms with Gasteiger partial charge >= 0.3 is 0 Å². The number of primary amides is 1. The molecule has 3 aromatic rings. The van der Waals surface area contributed by atoms with Gasteiger partial charge in [-0.05, 0) is 29.8 Å². The summed E-state index contributed by atoms with van der Waals surface area (Å²) in [5.41, 5.74) is 8.59. The van der Waals surface area contributed by atoms with E-state index >= 15 is 0 Å². The molecule has 118 valence electrons. The molecule has 1 heterocycles. The van der Waals surface area contributed by atoms with Crippen molar-refractivity contribution in [3.63, 3.8) is 0 Å². The van der Waals surface area contributed by atoms with Crippen molar-refractivity contribution in [2.75, 3.05) is 5.32 Å². The van der Waals surface area contributed by atoms with E-state index in [-0.39, 0.29) is 0 Å². The van der Waals surface area contributed by atoms with Crippen LogP contribution in [0.3, 0.4) is 0 Å². The predicted octanol–water partition coefficient (Wildman–Crippen LogP) is 3.97. The van der Waals surface area contributed by atoms with Crippen LogP contribution < -0.4 is 11.1 Å². The fraction of sp³-hybridized carbons (Fsp3) is 0.158. The van der Waals surface area contributed by atoms with Crippen LogP contribution in [-0.4, -0.2) is 10.9 Å². The summed E-state index contributed by atoms with van der Waals surface area (Å²) in [4.78, 5) is 15.7. The Balaban J connectivity index is 0.000000924. The number of fused-ring (bicyclic) bond motifs is 1. The minimum Gasteiger partial charge on any atom is -0.380 e. The SMILES string of the molecule is CC.NC(=O)c1ccc(NCc2ccccc2)c2cccnc12. The lowest BCUT2D eigenvalue weighted by Gasteiger charge is -2.11. The van der Waals surface area contributed by atoms with Gasteiger partial charge in [-0.25, -0.2) is 0 Å². The van der Waals surface area contributed by atoms with Crippen LogP contribution in [0.4, 0.5) is 5.69 Å². The molecule has 0 aliphatic carbocycles. The predicted molar refractivity (Wildman–Crippen MR) is 95.4 cm³/mol. The minimum absolute atomic E-state index is 0.441. The summed E-state index contributed by atoms with van der Waals surface area (Å²) in [5.74, 6) is -0.465. The summed E-state index contributed by atoms with van der Waals surface area (Å²) in [6.45, 7) is 4.71. The van der Waals surface area contributed by atoms with Gasteiger partial charge < -0.3 is 11.1 Å². The maximum Gasteiger partial charge on any atom is 0.250 e. The summed E-state index contributed by atoms with van der Waals surface area (Å²) in [6.07, 6.45) is 1.66. The van der Waals surface area contributed by atoms with E-state index < -0.39 is 5.91 Å². The van der Waals surface area contributed by atoms with Gasteiger partial charge in [0.25, 0.3) is 5.91 Å². The summed E-state index contributed by atoms with van der Waals surface area (Å²) < 4.78 is 0. The molecule has 2 aromatic carbocycles. The quantitative estimate of drug-likeness (QED) is 0.766. The standard InChI is InChI=1S/C17H15N3O.C2H6/c18-17(21)14-8-9-15(13-7-4-10-19-16(13)14)20-11-12-5-2-1-3-6-12;1-2/h1-10,20H,11H2,(H2,18,21);1-2H3. The minimum atomic E-state index is -0.465. The van der Waals surface area contributed by atoms with E-state index in [4.69, 9.17) is 5.73 Å². The maximum absolute atomic E-state index is 11.5. The molecule has 0 bridgehead atoms. The number of nitrogens with one attached hydrogen (secondary N) is 1. The molecule has 0 saturated carbocycles. The topological polar surface area (TPSA) is 68.0 Å². The summed E-state index contributed by atoms with van der Waals surface area (Å²) in [7, 11) is 0. The fourth-order valence-electron chi connectivity index (χ4n) is 2.32. The van der Waals surface area contributed by atoms with Gasteiger partial charge in [0, 0.05) is 23.8 Å². The Labute approximate surface area is 136 Å². The molecule has 0 radical (unpaired) electrons. The molecular formula is C19H21N3O. The molecule has 0 aliphatic rings. The van der Waals surface area contributed by atoms with Crippen molar-refractivity contribution >= 4 is 22.5 Å². The van der Waals surface area contributed by atoms with E-state index in [1.807, 2.05) is 50.2 Å². The first-order valence-corrected chi connectivity index (χ1v) is 7.71. The van der Waals surface area contributed by atoms with Crippen LogP contribution in [0.5, 0.6) is 0 Å². The van der Waals surface area contributed by atoms with Crippen molar-refractivity contribution in [1.82, 2.24) is 4.98 Å². The molecule has 0 aliphatic heterocycles. The number of aromatic nitrogens is 1. The molecular weight excluding hydrogens is 286 g/mol. The average Bonchev–Trinajstić information content (AvgIpc) is 2.62. The molecule has 0 spiro atoms. The zero-order valence-corrected chi connectivity index (χ0v) is 13.4. The van der Waals surface area contributed by atoms with Gasteiger partial charge in [0.05, 0.1) is 11.1 Å². The van der Waals surface area contributed by atoms with Crippen molar-refractivity contribution in [3.8, 4) is 0 Å². The summed E-state index contributed by atoms with van der Waals surface area (Å²) in [5, 5.41) is 4.27. The van der Waals surface area contributed by atoms with Crippen LogP contribution >= 0.6 is 0 Å². The largest absolute Gasteiger partial charge is 0.380 e. The molecule has 3 N–H and O–H groups in total. The van der Waals surface area contributed by atoms with Crippen molar-refractivity contribution in [1.29, 1.82) is 0 Å². The van der Waals surface area contributed by atoms with E-state index in [2.05, 4.69) is 22.4 Å². The van der Waals surface area contributed by atoms with Crippen LogP contribution in [0.1, 0.15) is 29.8 Å². The van der Waals surface area contributed by atoms with Gasteiger partial charge in [-0.15, -0.1) is 0 Å². The van der Waals surface area contributed by atoms with E-state index in [1.54, 1.807) is 12.3 Å². The molecule has 23 heavy (non-hydrogen) atoms. The van der Waals surface area contributed by atoms with Gasteiger partial charge in [-0.2, -0.15) is 0 Å². The average molecular weight is 307 g/mol. The van der Waals surface area contributed by atoms with E-state index in [9.17, 15) is 4.79 Å². The Morgan fingerprint density at radius 2 is 1.78 bits per heavy atom. The second-order valence-electron chi connectivity index (χ2n) is 4.76. The van der Waals surface area contributed by atoms with E-state index in [0.717, 1.165) is 11.1 Å². The highest BCUT2D eigenvalue weighted by molar-refractivity contribution is 6.07. The number of amides is 1. The first kappa shape index (κ1) is 16.5. The molecule has 4 nitrogen and oxygen atoms in total. The Morgan fingerprint density at radius 3 is 2.48 bits per heavy atom. The van der Waals surface area contributed by atoms with Crippen molar-refractivity contribution in [2.24, 2.45) is 5.73 Å². The third-order valence-corrected chi connectivity index (χ3v) is 3.36. The van der Waals surface area contributed by atoms with Gasteiger partial charge in [0.15, 0.2) is 0 Å². The van der Waals surface area contributed by atoms with Crippen LogP contribution in [0.15, 0.2) is 60.8 Å². The van der Waals surface area contributed by atoms with Crippen LogP contribution in [0.2, 0.25) is 0 Å². The van der Waals surface area contributed by atoms with Crippen molar-refractivity contribution in [3.05, 3.63) is 71.9 Å². The van der Waals surface area contributed by atoms with Gasteiger partial charge in [-0.3, -0.25) is 9.78 Å². The zero-order valence-electron chi connectivity index (χ0n) is 13.4. The van der Waals surface area contributed by atoms with Crippen molar-refractivity contribution in [2.45, 2.75) is 20.4 Å². The molecule has 1 aromatic heterocycles. The highest BCUT2D eigenvalue weighted by atomic mass is 16.1. The monoisotopic (exact) mass is 307 g/mol. The molecule has 4 heteroatoms. The Hall–Kier alpha value is -2.88. The number of anilines is 1. The zero-order chi connectivity index (χ0) is 16.7. The first-order valence-electron chi connectivity index (χ1n) is 7.71. The van der Waals surface area contributed by atoms with E-state index in [0.29, 0.717) is 17.6 Å². The lowest BCUT2D eigenvalue weighted by Crippen LogP contribution is -2.12. The molecule has 3 rings (SSSR count). The highest BCUT2D eigenvalue weighted by Gasteiger charge is 2.10. The maximum atomic E-state index is 11.5. The molecule has 0 fully saturated rings. The molecule has 1 amide bonds. The third kappa shape index (κ3) is 3.86. The number of hydrogen-bond donors (Lipinski definition) is 2. The molecule has 0 saturated heterocycles. The van der Waals surface area contributed by atoms with E-state index in [1.165, 1.54) is 5.56 Å². The normalized spacial score (nSPS) is 9.83. The Morgan fingerprint density at radius 1 is 1.04 bits per heavy atom. The Kier molecular flexibility index (Phi) is 5.69. The number of nitrogens with zero attached hydrogens (tertiary/aromatic N) is 1. The van der Waals surface area contributed by atoms with Crippen LogP contribution in [0, 0.1) is 0 Å². The fourth-order valence-corrected chi connectivity index (χ4v) is 2.32. The van der Waals surface area contributed by atoms with Gasteiger partial charge in [0.1, 0.15) is 0 Å².